The number of ether oxygens (including phenoxy) is 1. The fourth-order valence-corrected chi connectivity index (χ4v) is 4.04. The largest absolute Gasteiger partial charge is 0.492 e. The maximum absolute atomic E-state index is 13.1. The van der Waals surface area contributed by atoms with E-state index >= 15 is 0 Å². The van der Waals surface area contributed by atoms with E-state index in [4.69, 9.17) is 4.74 Å². The Morgan fingerprint density at radius 3 is 2.69 bits per heavy atom. The highest BCUT2D eigenvalue weighted by Crippen LogP contribution is 2.25. The summed E-state index contributed by atoms with van der Waals surface area (Å²) < 4.78 is 5.98. The number of hydrogen-bond donors (Lipinski definition) is 0. The molecule has 0 bridgehead atoms. The van der Waals surface area contributed by atoms with Crippen molar-refractivity contribution in [3.8, 4) is 5.75 Å². The lowest BCUT2D eigenvalue weighted by molar-refractivity contribution is 0.0567. The zero-order valence-corrected chi connectivity index (χ0v) is 15.1. The Kier molecular flexibility index (Phi) is 5.21. The molecule has 2 heterocycles. The number of benzene rings is 2. The molecule has 2 saturated heterocycles. The summed E-state index contributed by atoms with van der Waals surface area (Å²) >= 11 is 0. The number of amides is 1. The zero-order valence-electron chi connectivity index (χ0n) is 15.1. The summed E-state index contributed by atoms with van der Waals surface area (Å²) in [6.07, 6.45) is 3.30. The first-order chi connectivity index (χ1) is 12.8. The Morgan fingerprint density at radius 2 is 1.81 bits per heavy atom. The molecule has 1 atom stereocenters. The Balaban J connectivity index is 1.41. The van der Waals surface area contributed by atoms with Crippen LogP contribution >= 0.6 is 0 Å². The molecule has 4 nitrogen and oxygen atoms in total. The third kappa shape index (κ3) is 3.75. The van der Waals surface area contributed by atoms with Gasteiger partial charge in [0.05, 0.1) is 12.2 Å². The lowest BCUT2D eigenvalue weighted by Crippen LogP contribution is -2.52. The van der Waals surface area contributed by atoms with Gasteiger partial charge in [-0.15, -0.1) is 0 Å². The molecule has 2 aromatic rings. The van der Waals surface area contributed by atoms with Gasteiger partial charge in [0.25, 0.3) is 5.91 Å². The molecule has 2 aliphatic heterocycles. The van der Waals surface area contributed by atoms with Crippen LogP contribution in [0.1, 0.15) is 28.8 Å². The maximum Gasteiger partial charge on any atom is 0.257 e. The minimum atomic E-state index is 0.104. The van der Waals surface area contributed by atoms with Crippen LogP contribution in [-0.2, 0) is 6.42 Å². The van der Waals surface area contributed by atoms with Crippen molar-refractivity contribution in [1.82, 2.24) is 9.80 Å². The van der Waals surface area contributed by atoms with Crippen LogP contribution < -0.4 is 4.74 Å². The molecule has 2 aliphatic rings. The van der Waals surface area contributed by atoms with Crippen molar-refractivity contribution in [2.75, 3.05) is 32.8 Å². The lowest BCUT2D eigenvalue weighted by Gasteiger charge is -2.37. The number of nitrogens with zero attached hydrogens (tertiary/aromatic N) is 2. The number of hydrogen-bond acceptors (Lipinski definition) is 3. The quantitative estimate of drug-likeness (QED) is 0.830. The number of para-hydroxylation sites is 1. The normalized spacial score (nSPS) is 20.0. The second-order valence-corrected chi connectivity index (χ2v) is 7.16. The van der Waals surface area contributed by atoms with E-state index in [-0.39, 0.29) is 5.91 Å². The predicted octanol–water partition coefficient (Wildman–Crippen LogP) is 3.23. The first-order valence-corrected chi connectivity index (χ1v) is 9.60. The SMILES string of the molecule is O=C(c1ccccc1OCCc1ccccc1)N1CCN2CCC[C@@H]2C1. The molecular weight excluding hydrogens is 324 g/mol. The van der Waals surface area contributed by atoms with Gasteiger partial charge in [-0.1, -0.05) is 42.5 Å². The Morgan fingerprint density at radius 1 is 1.00 bits per heavy atom. The van der Waals surface area contributed by atoms with Crippen molar-refractivity contribution in [3.05, 3.63) is 65.7 Å². The Hall–Kier alpha value is -2.33. The molecule has 2 fully saturated rings. The third-order valence-electron chi connectivity index (χ3n) is 5.48. The minimum Gasteiger partial charge on any atom is -0.492 e. The van der Waals surface area contributed by atoms with E-state index < -0.39 is 0 Å². The smallest absolute Gasteiger partial charge is 0.257 e. The van der Waals surface area contributed by atoms with Crippen molar-refractivity contribution in [2.45, 2.75) is 25.3 Å². The van der Waals surface area contributed by atoms with Crippen LogP contribution in [0.4, 0.5) is 0 Å². The molecule has 0 aliphatic carbocycles. The highest BCUT2D eigenvalue weighted by atomic mass is 16.5. The maximum atomic E-state index is 13.1. The number of piperazine rings is 1. The standard InChI is InChI=1S/C22H26N2O2/c25-22(24-15-14-23-13-6-9-19(23)17-24)20-10-4-5-11-21(20)26-16-12-18-7-2-1-3-8-18/h1-5,7-8,10-11,19H,6,9,12-17H2/t19-/m1/s1. The van der Waals surface area contributed by atoms with Crippen LogP contribution in [0.5, 0.6) is 5.75 Å². The summed E-state index contributed by atoms with van der Waals surface area (Å²) in [4.78, 5) is 17.6. The fourth-order valence-electron chi connectivity index (χ4n) is 4.04. The van der Waals surface area contributed by atoms with Crippen molar-refractivity contribution in [1.29, 1.82) is 0 Å². The molecule has 0 N–H and O–H groups in total. The van der Waals surface area contributed by atoms with Crippen LogP contribution in [0.3, 0.4) is 0 Å². The summed E-state index contributed by atoms with van der Waals surface area (Å²) in [5, 5.41) is 0. The van der Waals surface area contributed by atoms with E-state index in [9.17, 15) is 4.79 Å². The number of rotatable bonds is 5. The van der Waals surface area contributed by atoms with Crippen LogP contribution in [0.2, 0.25) is 0 Å². The molecular formula is C22H26N2O2. The Labute approximate surface area is 155 Å². The van der Waals surface area contributed by atoms with Crippen molar-refractivity contribution in [2.24, 2.45) is 0 Å². The molecule has 4 rings (SSSR count). The van der Waals surface area contributed by atoms with Gasteiger partial charge >= 0.3 is 0 Å². The van der Waals surface area contributed by atoms with Crippen LogP contribution in [0.25, 0.3) is 0 Å². The molecule has 0 aromatic heterocycles. The summed E-state index contributed by atoms with van der Waals surface area (Å²) in [6, 6.07) is 18.5. The van der Waals surface area contributed by atoms with Crippen molar-refractivity contribution < 1.29 is 9.53 Å². The van der Waals surface area contributed by atoms with Gasteiger partial charge in [0.15, 0.2) is 0 Å². The summed E-state index contributed by atoms with van der Waals surface area (Å²) in [5.41, 5.74) is 1.93. The second-order valence-electron chi connectivity index (χ2n) is 7.16. The average molecular weight is 350 g/mol. The van der Waals surface area contributed by atoms with Gasteiger partial charge in [-0.25, -0.2) is 0 Å². The molecule has 1 amide bonds. The average Bonchev–Trinajstić information content (AvgIpc) is 3.16. The summed E-state index contributed by atoms with van der Waals surface area (Å²) in [6.45, 7) is 4.41. The second kappa shape index (κ2) is 7.92. The predicted molar refractivity (Wildman–Crippen MR) is 103 cm³/mol. The summed E-state index contributed by atoms with van der Waals surface area (Å²) in [7, 11) is 0. The summed E-state index contributed by atoms with van der Waals surface area (Å²) in [5.74, 6) is 0.800. The third-order valence-corrected chi connectivity index (χ3v) is 5.48. The van der Waals surface area contributed by atoms with Crippen molar-refractivity contribution in [3.63, 3.8) is 0 Å². The van der Waals surface area contributed by atoms with E-state index in [1.807, 2.05) is 47.4 Å². The molecule has 0 spiro atoms. The van der Waals surface area contributed by atoms with E-state index in [0.717, 1.165) is 26.1 Å². The first-order valence-electron chi connectivity index (χ1n) is 9.60. The molecule has 0 radical (unpaired) electrons. The van der Waals surface area contributed by atoms with E-state index in [1.165, 1.54) is 24.9 Å². The highest BCUT2D eigenvalue weighted by Gasteiger charge is 2.33. The number of carbonyl (C=O) groups excluding carboxylic acids is 1. The van der Waals surface area contributed by atoms with Gasteiger partial charge < -0.3 is 9.64 Å². The van der Waals surface area contributed by atoms with Gasteiger partial charge in [-0.3, -0.25) is 9.69 Å². The monoisotopic (exact) mass is 350 g/mol. The van der Waals surface area contributed by atoms with Crippen LogP contribution in [0, 0.1) is 0 Å². The van der Waals surface area contributed by atoms with Gasteiger partial charge in [0.1, 0.15) is 5.75 Å². The topological polar surface area (TPSA) is 32.8 Å². The van der Waals surface area contributed by atoms with Crippen LogP contribution in [-0.4, -0.2) is 54.5 Å². The first kappa shape index (κ1) is 17.1. The highest BCUT2D eigenvalue weighted by molar-refractivity contribution is 5.97. The van der Waals surface area contributed by atoms with Crippen molar-refractivity contribution >= 4 is 5.91 Å². The van der Waals surface area contributed by atoms with Gasteiger partial charge in [-0.05, 0) is 37.1 Å². The van der Waals surface area contributed by atoms with Gasteiger partial charge in [-0.2, -0.15) is 0 Å². The van der Waals surface area contributed by atoms with Crippen LogP contribution in [0.15, 0.2) is 54.6 Å². The molecule has 4 heteroatoms. The minimum absolute atomic E-state index is 0.104. The lowest BCUT2D eigenvalue weighted by atomic mass is 10.1. The fraction of sp³-hybridized carbons (Fsp3) is 0.409. The van der Waals surface area contributed by atoms with Gasteiger partial charge in [0, 0.05) is 32.1 Å². The Bertz CT molecular complexity index is 747. The van der Waals surface area contributed by atoms with Gasteiger partial charge in [0.2, 0.25) is 0 Å². The van der Waals surface area contributed by atoms with E-state index in [2.05, 4.69) is 17.0 Å². The number of carbonyl (C=O) groups is 1. The zero-order chi connectivity index (χ0) is 17.8. The molecule has 0 unspecified atom stereocenters. The molecule has 136 valence electrons. The number of fused-ring (bicyclic) bond motifs is 1. The van der Waals surface area contributed by atoms with E-state index in [0.29, 0.717) is 24.0 Å². The molecule has 2 aromatic carbocycles. The molecule has 0 saturated carbocycles. The van der Waals surface area contributed by atoms with E-state index in [1.54, 1.807) is 0 Å². The molecule has 26 heavy (non-hydrogen) atoms.